The number of nitrogens with zero attached hydrogens (tertiary/aromatic N) is 1. The van der Waals surface area contributed by atoms with Crippen molar-refractivity contribution in [1.82, 2.24) is 10.2 Å². The number of aliphatic hydroxyl groups excluding tert-OH is 6. The minimum atomic E-state index is -0.733. The predicted molar refractivity (Wildman–Crippen MR) is 165 cm³/mol. The summed E-state index contributed by atoms with van der Waals surface area (Å²) in [6.45, 7) is 2.96. The van der Waals surface area contributed by atoms with E-state index in [1.54, 1.807) is 0 Å². The molecule has 3 aliphatic rings. The standard InChI is InChI=1S/C33H62N2O8/c36-15-9-3-2-8-14-35(26-19-27(38)21-28(39)20-26)22-24-17-30(40)32(31(41)18-24)43-16-10-4-1-7-13-34-33(42)29-12-6-5-11-25(29)23-37/h23-34,36,38-42H,1-22H2. The molecule has 0 saturated heterocycles. The van der Waals surface area contributed by atoms with Gasteiger partial charge in [0.25, 0.3) is 0 Å². The van der Waals surface area contributed by atoms with Crippen molar-refractivity contribution < 1.29 is 40.2 Å². The highest BCUT2D eigenvalue weighted by Gasteiger charge is 2.39. The van der Waals surface area contributed by atoms with Crippen LogP contribution in [0, 0.1) is 17.8 Å². The molecule has 3 aliphatic carbocycles. The molecule has 10 nitrogen and oxygen atoms in total. The third kappa shape index (κ3) is 12.9. The Morgan fingerprint density at radius 3 is 2.16 bits per heavy atom. The first-order chi connectivity index (χ1) is 20.8. The van der Waals surface area contributed by atoms with E-state index in [2.05, 4.69) is 10.2 Å². The second-order valence-corrected chi connectivity index (χ2v) is 13.7. The molecule has 7 N–H and O–H groups in total. The van der Waals surface area contributed by atoms with E-state index in [0.29, 0.717) is 51.8 Å². The summed E-state index contributed by atoms with van der Waals surface area (Å²) in [5.41, 5.74) is 0. The van der Waals surface area contributed by atoms with Crippen LogP contribution in [0.1, 0.15) is 109 Å². The van der Waals surface area contributed by atoms with Crippen LogP contribution in [0.15, 0.2) is 0 Å². The van der Waals surface area contributed by atoms with Crippen LogP contribution in [0.5, 0.6) is 0 Å². The van der Waals surface area contributed by atoms with Crippen molar-refractivity contribution in [2.45, 2.75) is 152 Å². The molecule has 3 rings (SSSR count). The van der Waals surface area contributed by atoms with Gasteiger partial charge in [0.2, 0.25) is 0 Å². The van der Waals surface area contributed by atoms with E-state index in [1.165, 1.54) is 0 Å². The number of aliphatic hydroxyl groups is 6. The van der Waals surface area contributed by atoms with Gasteiger partial charge in [0.05, 0.1) is 24.4 Å². The molecule has 0 aromatic heterocycles. The fourth-order valence-corrected chi connectivity index (χ4v) is 7.69. The predicted octanol–water partition coefficient (Wildman–Crippen LogP) is 2.11. The van der Waals surface area contributed by atoms with Crippen LogP contribution in [0.2, 0.25) is 0 Å². The van der Waals surface area contributed by atoms with Crippen molar-refractivity contribution in [3.8, 4) is 0 Å². The maximum Gasteiger partial charge on any atom is 0.123 e. The average molecular weight is 615 g/mol. The fourth-order valence-electron chi connectivity index (χ4n) is 7.69. The third-order valence-corrected chi connectivity index (χ3v) is 10.1. The number of hydrogen-bond donors (Lipinski definition) is 7. The van der Waals surface area contributed by atoms with Gasteiger partial charge in [-0.15, -0.1) is 0 Å². The van der Waals surface area contributed by atoms with Crippen LogP contribution in [0.3, 0.4) is 0 Å². The molecule has 0 aromatic carbocycles. The smallest absolute Gasteiger partial charge is 0.123 e. The number of aldehydes is 1. The van der Waals surface area contributed by atoms with Gasteiger partial charge in [0.15, 0.2) is 0 Å². The molecule has 7 unspecified atom stereocenters. The van der Waals surface area contributed by atoms with Crippen molar-refractivity contribution >= 4 is 6.29 Å². The number of nitrogens with one attached hydrogen (secondary N) is 1. The first-order valence-corrected chi connectivity index (χ1v) is 17.4. The number of ether oxygens (including phenoxy) is 1. The number of hydrogen-bond acceptors (Lipinski definition) is 10. The van der Waals surface area contributed by atoms with Crippen LogP contribution in [0.4, 0.5) is 0 Å². The van der Waals surface area contributed by atoms with Crippen LogP contribution in [-0.2, 0) is 9.53 Å². The number of carbonyl (C=O) groups excluding carboxylic acids is 1. The molecule has 3 saturated carbocycles. The molecular formula is C33H62N2O8. The molecule has 0 spiro atoms. The highest BCUT2D eigenvalue weighted by molar-refractivity contribution is 5.54. The molecule has 0 bridgehead atoms. The zero-order valence-electron chi connectivity index (χ0n) is 26.4. The van der Waals surface area contributed by atoms with E-state index in [1.807, 2.05) is 0 Å². The van der Waals surface area contributed by atoms with Crippen molar-refractivity contribution in [1.29, 1.82) is 0 Å². The topological polar surface area (TPSA) is 163 Å². The molecule has 7 atom stereocenters. The van der Waals surface area contributed by atoms with E-state index in [9.17, 15) is 30.3 Å². The van der Waals surface area contributed by atoms with Gasteiger partial charge in [-0.25, -0.2) is 0 Å². The normalized spacial score (nSPS) is 34.3. The molecule has 0 amide bonds. The second-order valence-electron chi connectivity index (χ2n) is 13.7. The second kappa shape index (κ2) is 20.4. The molecule has 3 fully saturated rings. The Morgan fingerprint density at radius 2 is 1.47 bits per heavy atom. The number of carbonyl (C=O) groups is 1. The van der Waals surface area contributed by atoms with Gasteiger partial charge in [-0.05, 0) is 89.6 Å². The van der Waals surface area contributed by atoms with Crippen molar-refractivity contribution in [2.75, 3.05) is 32.8 Å². The van der Waals surface area contributed by atoms with E-state index in [-0.39, 0.29) is 30.4 Å². The Hall–Kier alpha value is -0.690. The molecular weight excluding hydrogens is 552 g/mol. The largest absolute Gasteiger partial charge is 0.396 e. The van der Waals surface area contributed by atoms with Crippen LogP contribution in [0.25, 0.3) is 0 Å². The molecule has 252 valence electrons. The first kappa shape index (κ1) is 36.8. The lowest BCUT2D eigenvalue weighted by Gasteiger charge is -2.43. The number of rotatable bonds is 20. The Bertz CT molecular complexity index is 726. The molecule has 0 aromatic rings. The van der Waals surface area contributed by atoms with E-state index in [4.69, 9.17) is 9.84 Å². The quantitative estimate of drug-likeness (QED) is 0.0614. The van der Waals surface area contributed by atoms with Gasteiger partial charge >= 0.3 is 0 Å². The molecule has 43 heavy (non-hydrogen) atoms. The maximum absolute atomic E-state index is 11.3. The lowest BCUT2D eigenvalue weighted by Crippen LogP contribution is -2.51. The third-order valence-electron chi connectivity index (χ3n) is 10.1. The summed E-state index contributed by atoms with van der Waals surface area (Å²) in [5, 5.41) is 65.1. The number of unbranched alkanes of at least 4 members (excludes halogenated alkanes) is 6. The highest BCUT2D eigenvalue weighted by Crippen LogP contribution is 2.32. The van der Waals surface area contributed by atoms with Gasteiger partial charge < -0.3 is 40.2 Å². The molecule has 0 aliphatic heterocycles. The Labute approximate surface area is 259 Å². The average Bonchev–Trinajstić information content (AvgIpc) is 2.98. The Kier molecular flexibility index (Phi) is 17.5. The lowest BCUT2D eigenvalue weighted by molar-refractivity contribution is -0.136. The van der Waals surface area contributed by atoms with E-state index < -0.39 is 36.7 Å². The molecule has 0 heterocycles. The van der Waals surface area contributed by atoms with Crippen molar-refractivity contribution in [3.63, 3.8) is 0 Å². The summed E-state index contributed by atoms with van der Waals surface area (Å²) in [5.74, 6) is 0.0868. The highest BCUT2D eigenvalue weighted by atomic mass is 16.5. The minimum Gasteiger partial charge on any atom is -0.396 e. The Morgan fingerprint density at radius 1 is 0.814 bits per heavy atom. The van der Waals surface area contributed by atoms with Crippen LogP contribution in [-0.4, -0.2) is 117 Å². The van der Waals surface area contributed by atoms with Crippen molar-refractivity contribution in [3.05, 3.63) is 0 Å². The summed E-state index contributed by atoms with van der Waals surface area (Å²) >= 11 is 0. The monoisotopic (exact) mass is 614 g/mol. The van der Waals surface area contributed by atoms with Crippen LogP contribution < -0.4 is 5.32 Å². The summed E-state index contributed by atoms with van der Waals surface area (Å²) in [6, 6.07) is 0.0823. The van der Waals surface area contributed by atoms with Crippen LogP contribution >= 0.6 is 0 Å². The molecule has 0 radical (unpaired) electrons. The lowest BCUT2D eigenvalue weighted by atomic mass is 9.79. The summed E-state index contributed by atoms with van der Waals surface area (Å²) in [4.78, 5) is 13.6. The Balaban J connectivity index is 1.33. The maximum atomic E-state index is 11.3. The van der Waals surface area contributed by atoms with Gasteiger partial charge in [0.1, 0.15) is 18.6 Å². The van der Waals surface area contributed by atoms with E-state index in [0.717, 1.165) is 89.9 Å². The zero-order chi connectivity index (χ0) is 31.0. The first-order valence-electron chi connectivity index (χ1n) is 17.4. The van der Waals surface area contributed by atoms with Gasteiger partial charge in [-0.1, -0.05) is 38.5 Å². The molecule has 10 heteroatoms. The van der Waals surface area contributed by atoms with E-state index >= 15 is 0 Å². The summed E-state index contributed by atoms with van der Waals surface area (Å²) in [7, 11) is 0. The van der Waals surface area contributed by atoms with Gasteiger partial charge in [-0.2, -0.15) is 0 Å². The fraction of sp³-hybridized carbons (Fsp3) is 0.970. The summed E-state index contributed by atoms with van der Waals surface area (Å²) < 4.78 is 5.97. The summed E-state index contributed by atoms with van der Waals surface area (Å²) in [6.07, 6.45) is 11.5. The SMILES string of the molecule is O=CC1CCCCC1C(O)NCCCCCCOC1C(O)CC(CN(CCCCCCO)C2CC(O)CC(O)C2)CC1O. The van der Waals surface area contributed by atoms with Gasteiger partial charge in [0, 0.05) is 37.6 Å². The minimum absolute atomic E-state index is 0.0195. The van der Waals surface area contributed by atoms with Gasteiger partial charge in [-0.3, -0.25) is 10.2 Å². The zero-order valence-corrected chi connectivity index (χ0v) is 26.4. The van der Waals surface area contributed by atoms with Crippen molar-refractivity contribution in [2.24, 2.45) is 17.8 Å².